The fourth-order valence-corrected chi connectivity index (χ4v) is 2.32. The van der Waals surface area contributed by atoms with E-state index in [9.17, 15) is 4.79 Å². The van der Waals surface area contributed by atoms with Crippen molar-refractivity contribution in [2.24, 2.45) is 0 Å². The maximum absolute atomic E-state index is 12.3. The molecule has 23 heavy (non-hydrogen) atoms. The highest BCUT2D eigenvalue weighted by Crippen LogP contribution is 2.31. The molecule has 0 aliphatic carbocycles. The van der Waals surface area contributed by atoms with Crippen LogP contribution in [-0.2, 0) is 0 Å². The Kier molecular flexibility index (Phi) is 3.90. The van der Waals surface area contributed by atoms with Gasteiger partial charge in [-0.2, -0.15) is 0 Å². The first-order valence-corrected chi connectivity index (χ1v) is 6.94. The molecule has 1 aliphatic rings. The van der Waals surface area contributed by atoms with Gasteiger partial charge in [0.2, 0.25) is 0 Å². The summed E-state index contributed by atoms with van der Waals surface area (Å²) in [6, 6.07) is 4.58. The fourth-order valence-electron chi connectivity index (χ4n) is 2.32. The van der Waals surface area contributed by atoms with Crippen LogP contribution in [0.15, 0.2) is 30.6 Å². The van der Waals surface area contributed by atoms with E-state index >= 15 is 0 Å². The molecule has 1 unspecified atom stereocenters. The lowest BCUT2D eigenvalue weighted by molar-refractivity contribution is 0.0929. The Hall–Kier alpha value is -3.00. The fraction of sp³-hybridized carbons (Fsp3) is 0.200. The first kappa shape index (κ1) is 14.9. The number of rotatable bonds is 3. The molecule has 118 valence electrons. The molecule has 8 nitrogen and oxygen atoms in total. The van der Waals surface area contributed by atoms with Crippen LogP contribution in [0.25, 0.3) is 0 Å². The van der Waals surface area contributed by atoms with Gasteiger partial charge in [-0.15, -0.1) is 0 Å². The summed E-state index contributed by atoms with van der Waals surface area (Å²) in [4.78, 5) is 20.6. The van der Waals surface area contributed by atoms with Gasteiger partial charge in [0.15, 0.2) is 5.84 Å². The van der Waals surface area contributed by atoms with Gasteiger partial charge in [-0.05, 0) is 25.1 Å². The van der Waals surface area contributed by atoms with Gasteiger partial charge in [-0.3, -0.25) is 30.9 Å². The molecule has 1 aliphatic heterocycles. The normalized spacial score (nSPS) is 15.5. The van der Waals surface area contributed by atoms with E-state index in [1.54, 1.807) is 29.9 Å². The van der Waals surface area contributed by atoms with Gasteiger partial charge in [0.1, 0.15) is 24.1 Å². The van der Waals surface area contributed by atoms with Gasteiger partial charge in [0.25, 0.3) is 5.91 Å². The van der Waals surface area contributed by atoms with Crippen LogP contribution in [0.4, 0.5) is 0 Å². The minimum absolute atomic E-state index is 0.177. The highest BCUT2D eigenvalue weighted by molar-refractivity contribution is 5.96. The van der Waals surface area contributed by atoms with Crippen LogP contribution in [0, 0.1) is 12.3 Å². The van der Waals surface area contributed by atoms with Crippen LogP contribution in [-0.4, -0.2) is 33.5 Å². The monoisotopic (exact) mass is 313 g/mol. The van der Waals surface area contributed by atoms with Crippen LogP contribution in [0.1, 0.15) is 33.4 Å². The smallest absolute Gasteiger partial charge is 0.252 e. The lowest BCUT2D eigenvalue weighted by atomic mass is 10.1. The molecule has 0 fully saturated rings. The zero-order valence-corrected chi connectivity index (χ0v) is 12.3. The number of aryl methyl sites for hydroxylation is 1. The molecule has 0 saturated heterocycles. The Balaban J connectivity index is 1.78. The molecule has 3 heterocycles. The van der Waals surface area contributed by atoms with Gasteiger partial charge < -0.3 is 10.1 Å². The number of aromatic nitrogens is 2. The molecule has 2 aromatic heterocycles. The molecule has 0 aromatic carbocycles. The molecule has 1 atom stereocenters. The van der Waals surface area contributed by atoms with Crippen molar-refractivity contribution in [3.05, 3.63) is 53.1 Å². The van der Waals surface area contributed by atoms with Gasteiger partial charge in [0.05, 0.1) is 0 Å². The predicted molar refractivity (Wildman–Crippen MR) is 80.7 cm³/mol. The Labute approximate surface area is 132 Å². The second kappa shape index (κ2) is 6.01. The van der Waals surface area contributed by atoms with E-state index in [0.717, 1.165) is 5.69 Å². The summed E-state index contributed by atoms with van der Waals surface area (Å²) in [7, 11) is 0. The summed E-state index contributed by atoms with van der Waals surface area (Å²) >= 11 is 0. The van der Waals surface area contributed by atoms with Crippen LogP contribution in [0.2, 0.25) is 0 Å². The van der Waals surface area contributed by atoms with E-state index in [1.165, 1.54) is 6.20 Å². The lowest BCUT2D eigenvalue weighted by Crippen LogP contribution is -2.30. The summed E-state index contributed by atoms with van der Waals surface area (Å²) in [6.07, 6.45) is 3.02. The third kappa shape index (κ3) is 2.97. The minimum atomic E-state index is -0.365. The Morgan fingerprint density at radius 3 is 2.96 bits per heavy atom. The zero-order chi connectivity index (χ0) is 16.4. The van der Waals surface area contributed by atoms with Crippen molar-refractivity contribution in [3.8, 4) is 5.75 Å². The number of hydrogen-bond donors (Lipinski definition) is 4. The number of ether oxygens (including phenoxy) is 1. The quantitative estimate of drug-likeness (QED) is 0.380. The number of amides is 1. The molecule has 0 radical (unpaired) electrons. The summed E-state index contributed by atoms with van der Waals surface area (Å²) in [5, 5.41) is 19.1. The Morgan fingerprint density at radius 1 is 1.39 bits per heavy atom. The largest absolute Gasteiger partial charge is 0.489 e. The molecule has 2 aromatic rings. The number of pyridine rings is 2. The summed E-state index contributed by atoms with van der Waals surface area (Å²) in [5.74, 6) is 0.0787. The maximum atomic E-state index is 12.3. The molecule has 0 bridgehead atoms. The van der Waals surface area contributed by atoms with E-state index in [0.29, 0.717) is 22.6 Å². The molecular formula is C15H15N5O3. The zero-order valence-electron chi connectivity index (χ0n) is 12.3. The predicted octanol–water partition coefficient (Wildman–Crippen LogP) is 0.953. The van der Waals surface area contributed by atoms with E-state index in [1.807, 2.05) is 6.92 Å². The highest BCUT2D eigenvalue weighted by atomic mass is 16.5. The number of nitrogens with zero attached hydrogens (tertiary/aromatic N) is 2. The molecular weight excluding hydrogens is 298 g/mol. The number of hydrogen-bond acceptors (Lipinski definition) is 6. The van der Waals surface area contributed by atoms with Crippen molar-refractivity contribution < 1.29 is 14.7 Å². The van der Waals surface area contributed by atoms with Crippen LogP contribution < -0.4 is 15.5 Å². The second-order valence-corrected chi connectivity index (χ2v) is 5.12. The SMILES string of the molecule is Cc1cc(C(=O)NC2COc3cc(C(=N)NO)cnc32)ccn1. The van der Waals surface area contributed by atoms with Crippen molar-refractivity contribution in [2.75, 3.05) is 6.61 Å². The average molecular weight is 313 g/mol. The third-order valence-electron chi connectivity index (χ3n) is 3.48. The first-order chi connectivity index (χ1) is 11.1. The Morgan fingerprint density at radius 2 is 2.22 bits per heavy atom. The standard InChI is InChI=1S/C15H15N5O3/c1-8-4-9(2-3-17-8)15(21)19-11-7-23-12-5-10(14(16)20-22)6-18-13(11)12/h2-6,11,22H,7H2,1H3,(H2,16,20)(H,19,21). The lowest BCUT2D eigenvalue weighted by Gasteiger charge is -2.11. The van der Waals surface area contributed by atoms with E-state index in [-0.39, 0.29) is 24.4 Å². The van der Waals surface area contributed by atoms with E-state index in [4.69, 9.17) is 15.4 Å². The van der Waals surface area contributed by atoms with Gasteiger partial charge in [0, 0.05) is 29.2 Å². The van der Waals surface area contributed by atoms with Crippen LogP contribution in [0.3, 0.4) is 0 Å². The van der Waals surface area contributed by atoms with Crippen molar-refractivity contribution in [2.45, 2.75) is 13.0 Å². The molecule has 8 heteroatoms. The number of hydroxylamine groups is 1. The third-order valence-corrected chi connectivity index (χ3v) is 3.48. The minimum Gasteiger partial charge on any atom is -0.489 e. The molecule has 0 saturated carbocycles. The number of amidine groups is 1. The number of carbonyl (C=O) groups is 1. The molecule has 1 amide bonds. The van der Waals surface area contributed by atoms with Crippen molar-refractivity contribution >= 4 is 11.7 Å². The molecule has 3 rings (SSSR count). The molecule has 0 spiro atoms. The summed E-state index contributed by atoms with van der Waals surface area (Å²) in [6.45, 7) is 2.08. The Bertz CT molecular complexity index is 777. The number of nitrogens with one attached hydrogen (secondary N) is 3. The summed E-state index contributed by atoms with van der Waals surface area (Å²) < 4.78 is 5.51. The molecule has 4 N–H and O–H groups in total. The van der Waals surface area contributed by atoms with Crippen molar-refractivity contribution in [3.63, 3.8) is 0 Å². The second-order valence-electron chi connectivity index (χ2n) is 5.12. The van der Waals surface area contributed by atoms with Crippen LogP contribution >= 0.6 is 0 Å². The average Bonchev–Trinajstić information content (AvgIpc) is 2.96. The number of carbonyl (C=O) groups excluding carboxylic acids is 1. The van der Waals surface area contributed by atoms with Gasteiger partial charge in [-0.25, -0.2) is 0 Å². The van der Waals surface area contributed by atoms with E-state index < -0.39 is 0 Å². The van der Waals surface area contributed by atoms with Gasteiger partial charge in [-0.1, -0.05) is 0 Å². The van der Waals surface area contributed by atoms with E-state index in [2.05, 4.69) is 15.3 Å². The topological polar surface area (TPSA) is 120 Å². The van der Waals surface area contributed by atoms with Crippen molar-refractivity contribution in [1.29, 1.82) is 5.41 Å². The van der Waals surface area contributed by atoms with Crippen molar-refractivity contribution in [1.82, 2.24) is 20.8 Å². The first-order valence-electron chi connectivity index (χ1n) is 6.94. The van der Waals surface area contributed by atoms with Gasteiger partial charge >= 0.3 is 0 Å². The number of fused-ring (bicyclic) bond motifs is 1. The van der Waals surface area contributed by atoms with Crippen LogP contribution in [0.5, 0.6) is 5.75 Å². The maximum Gasteiger partial charge on any atom is 0.252 e. The highest BCUT2D eigenvalue weighted by Gasteiger charge is 2.28. The summed E-state index contributed by atoms with van der Waals surface area (Å²) in [5.41, 5.74) is 4.03.